The smallest absolute Gasteiger partial charge is 0.182 e. The third kappa shape index (κ3) is 0.887. The van der Waals surface area contributed by atoms with Gasteiger partial charge in [-0.25, -0.2) is 0 Å². The monoisotopic (exact) mass is 182 g/mol. The van der Waals surface area contributed by atoms with Crippen LogP contribution in [0.25, 0.3) is 11.0 Å². The van der Waals surface area contributed by atoms with E-state index >= 15 is 0 Å². The third-order valence-electron chi connectivity index (χ3n) is 1.49. The van der Waals surface area contributed by atoms with Crippen molar-refractivity contribution in [2.45, 2.75) is 0 Å². The first-order valence-electron chi connectivity index (χ1n) is 3.17. The molecule has 0 saturated carbocycles. The normalized spacial score (nSPS) is 10.4. The zero-order valence-electron chi connectivity index (χ0n) is 5.82. The van der Waals surface area contributed by atoms with Crippen LogP contribution in [0, 0.1) is 0 Å². The minimum Gasteiger partial charge on any atom is -0.354 e. The average Bonchev–Trinajstić information content (AvgIpc) is 2.48. The van der Waals surface area contributed by atoms with Crippen molar-refractivity contribution in [1.82, 2.24) is 10.1 Å². The average molecular weight is 183 g/mol. The lowest BCUT2D eigenvalue weighted by Crippen LogP contribution is -1.81. The van der Waals surface area contributed by atoms with Gasteiger partial charge in [-0.2, -0.15) is 0 Å². The van der Waals surface area contributed by atoms with Crippen molar-refractivity contribution in [1.29, 1.82) is 0 Å². The summed E-state index contributed by atoms with van der Waals surface area (Å²) < 4.78 is 4.82. The Morgan fingerprint density at radius 2 is 2.33 bits per heavy atom. The molecule has 2 rings (SSSR count). The predicted molar refractivity (Wildman–Crippen MR) is 42.2 cm³/mol. The van der Waals surface area contributed by atoms with Gasteiger partial charge < -0.3 is 4.52 Å². The van der Waals surface area contributed by atoms with E-state index in [9.17, 15) is 4.79 Å². The molecule has 12 heavy (non-hydrogen) atoms. The zero-order chi connectivity index (χ0) is 8.55. The maximum absolute atomic E-state index is 10.5. The molecule has 0 spiro atoms. The molecule has 4 nitrogen and oxygen atoms in total. The van der Waals surface area contributed by atoms with Crippen LogP contribution >= 0.6 is 11.6 Å². The van der Waals surface area contributed by atoms with E-state index in [2.05, 4.69) is 10.1 Å². The van der Waals surface area contributed by atoms with Gasteiger partial charge in [0.1, 0.15) is 0 Å². The second-order valence-corrected chi connectivity index (χ2v) is 2.55. The van der Waals surface area contributed by atoms with Crippen LogP contribution in [0.15, 0.2) is 16.9 Å². The quantitative estimate of drug-likeness (QED) is 0.630. The molecule has 0 fully saturated rings. The lowest BCUT2D eigenvalue weighted by atomic mass is 10.2. The highest BCUT2D eigenvalue weighted by Crippen LogP contribution is 2.23. The van der Waals surface area contributed by atoms with Gasteiger partial charge in [0.2, 0.25) is 0 Å². The molecule has 0 N–H and O–H groups in total. The van der Waals surface area contributed by atoms with Gasteiger partial charge in [0.15, 0.2) is 17.0 Å². The molecule has 0 bridgehead atoms. The van der Waals surface area contributed by atoms with Crippen LogP contribution < -0.4 is 0 Å². The summed E-state index contributed by atoms with van der Waals surface area (Å²) in [4.78, 5) is 14.3. The molecule has 0 aliphatic carbocycles. The number of carbonyl (C=O) groups is 1. The van der Waals surface area contributed by atoms with Crippen LogP contribution in [0.3, 0.4) is 0 Å². The third-order valence-corrected chi connectivity index (χ3v) is 1.76. The molecule has 5 heteroatoms. The number of nitrogens with zero attached hydrogens (tertiary/aromatic N) is 2. The molecule has 0 amide bonds. The van der Waals surface area contributed by atoms with E-state index in [0.717, 1.165) is 0 Å². The van der Waals surface area contributed by atoms with E-state index in [1.165, 1.54) is 12.4 Å². The van der Waals surface area contributed by atoms with Crippen molar-refractivity contribution in [2.75, 3.05) is 0 Å². The first kappa shape index (κ1) is 7.24. The maximum Gasteiger partial charge on any atom is 0.182 e. The van der Waals surface area contributed by atoms with Gasteiger partial charge in [0, 0.05) is 12.4 Å². The van der Waals surface area contributed by atoms with Crippen molar-refractivity contribution in [3.63, 3.8) is 0 Å². The van der Waals surface area contributed by atoms with Crippen molar-refractivity contribution >= 4 is 28.9 Å². The summed E-state index contributed by atoms with van der Waals surface area (Å²) in [6.07, 6.45) is 3.55. The summed E-state index contributed by atoms with van der Waals surface area (Å²) in [6.45, 7) is 0. The number of hydrogen-bond acceptors (Lipinski definition) is 4. The minimum absolute atomic E-state index is 0.223. The molecule has 0 saturated heterocycles. The van der Waals surface area contributed by atoms with Gasteiger partial charge >= 0.3 is 0 Å². The van der Waals surface area contributed by atoms with E-state index in [-0.39, 0.29) is 5.15 Å². The fourth-order valence-corrected chi connectivity index (χ4v) is 1.10. The second-order valence-electron chi connectivity index (χ2n) is 2.20. The standard InChI is InChI=1S/C7H3ClN2O2/c8-7-5-2-9-1-4(3-11)6(5)12-10-7/h1-3H. The molecule has 0 aliphatic heterocycles. The molecule has 60 valence electrons. The fraction of sp³-hybridized carbons (Fsp3) is 0. The lowest BCUT2D eigenvalue weighted by Gasteiger charge is -1.87. The maximum atomic E-state index is 10.5. The molecule has 2 heterocycles. The summed E-state index contributed by atoms with van der Waals surface area (Å²) in [5.41, 5.74) is 0.733. The zero-order valence-corrected chi connectivity index (χ0v) is 6.58. The number of halogens is 1. The molecule has 0 atom stereocenters. The van der Waals surface area contributed by atoms with Crippen LogP contribution in [0.4, 0.5) is 0 Å². The summed E-state index contributed by atoms with van der Waals surface area (Å²) in [7, 11) is 0. The topological polar surface area (TPSA) is 56.0 Å². The lowest BCUT2D eigenvalue weighted by molar-refractivity contribution is 0.112. The highest BCUT2D eigenvalue weighted by Gasteiger charge is 2.09. The minimum atomic E-state index is 0.223. The SMILES string of the molecule is O=Cc1cncc2c(Cl)noc12. The van der Waals surface area contributed by atoms with E-state index in [1.807, 2.05) is 0 Å². The van der Waals surface area contributed by atoms with Gasteiger partial charge in [-0.15, -0.1) is 0 Å². The number of rotatable bonds is 1. The number of aromatic nitrogens is 2. The van der Waals surface area contributed by atoms with E-state index in [1.54, 1.807) is 0 Å². The highest BCUT2D eigenvalue weighted by molar-refractivity contribution is 6.34. The first-order chi connectivity index (χ1) is 5.83. The van der Waals surface area contributed by atoms with Gasteiger partial charge in [0.25, 0.3) is 0 Å². The van der Waals surface area contributed by atoms with Gasteiger partial charge in [-0.1, -0.05) is 16.8 Å². The van der Waals surface area contributed by atoms with Crippen LogP contribution in [0.2, 0.25) is 5.15 Å². The van der Waals surface area contributed by atoms with E-state index in [4.69, 9.17) is 16.1 Å². The van der Waals surface area contributed by atoms with Crippen LogP contribution in [0.1, 0.15) is 10.4 Å². The van der Waals surface area contributed by atoms with Crippen molar-refractivity contribution < 1.29 is 9.32 Å². The Balaban J connectivity index is 2.89. The largest absolute Gasteiger partial charge is 0.354 e. The molecule has 0 radical (unpaired) electrons. The van der Waals surface area contributed by atoms with Crippen LogP contribution in [-0.2, 0) is 0 Å². The molecule has 2 aromatic rings. The predicted octanol–water partition coefficient (Wildman–Crippen LogP) is 1.69. The molecule has 0 aliphatic rings. The van der Waals surface area contributed by atoms with Gasteiger partial charge in [-0.3, -0.25) is 9.78 Å². The highest BCUT2D eigenvalue weighted by atomic mass is 35.5. The molecular formula is C7H3ClN2O2. The van der Waals surface area contributed by atoms with E-state index in [0.29, 0.717) is 22.8 Å². The number of hydrogen-bond donors (Lipinski definition) is 0. The number of fused-ring (bicyclic) bond motifs is 1. The number of carbonyl (C=O) groups excluding carboxylic acids is 1. The number of pyridine rings is 1. The van der Waals surface area contributed by atoms with Gasteiger partial charge in [-0.05, 0) is 0 Å². The van der Waals surface area contributed by atoms with Gasteiger partial charge in [0.05, 0.1) is 10.9 Å². The molecule has 2 aromatic heterocycles. The fourth-order valence-electron chi connectivity index (χ4n) is 0.933. The summed E-state index contributed by atoms with van der Waals surface area (Å²) in [5, 5.41) is 4.28. The Kier molecular flexibility index (Phi) is 1.55. The Morgan fingerprint density at radius 1 is 1.50 bits per heavy atom. The van der Waals surface area contributed by atoms with Crippen molar-refractivity contribution in [3.8, 4) is 0 Å². The Labute approximate surface area is 72.1 Å². The summed E-state index contributed by atoms with van der Waals surface area (Å²) in [5.74, 6) is 0. The Bertz CT molecular complexity index is 438. The van der Waals surface area contributed by atoms with E-state index < -0.39 is 0 Å². The Morgan fingerprint density at radius 3 is 3.08 bits per heavy atom. The Hall–Kier alpha value is -1.42. The summed E-state index contributed by atoms with van der Waals surface area (Å²) >= 11 is 5.64. The second kappa shape index (κ2) is 2.57. The molecular weight excluding hydrogens is 180 g/mol. The number of aldehydes is 1. The van der Waals surface area contributed by atoms with Crippen molar-refractivity contribution in [2.24, 2.45) is 0 Å². The molecule has 0 unspecified atom stereocenters. The summed E-state index contributed by atoms with van der Waals surface area (Å²) in [6, 6.07) is 0. The van der Waals surface area contributed by atoms with Crippen LogP contribution in [0.5, 0.6) is 0 Å². The van der Waals surface area contributed by atoms with Crippen LogP contribution in [-0.4, -0.2) is 16.4 Å². The molecule has 0 aromatic carbocycles. The van der Waals surface area contributed by atoms with Crippen molar-refractivity contribution in [3.05, 3.63) is 23.1 Å². The first-order valence-corrected chi connectivity index (χ1v) is 3.55.